The monoisotopic (exact) mass is 287 g/mol. The molecule has 0 atom stereocenters. The third-order valence-corrected chi connectivity index (χ3v) is 0. The van der Waals surface area contributed by atoms with Gasteiger partial charge >= 0.3 is 33.7 Å². The maximum atomic E-state index is 8.75. The summed E-state index contributed by atoms with van der Waals surface area (Å²) >= 11 is -4.23. The van der Waals surface area contributed by atoms with E-state index >= 15 is 0 Å². The molecule has 0 aliphatic carbocycles. The summed E-state index contributed by atoms with van der Waals surface area (Å²) in [4.78, 5) is 0. The van der Waals surface area contributed by atoms with Gasteiger partial charge < -0.3 is 0 Å². The summed E-state index contributed by atoms with van der Waals surface area (Å²) in [6.07, 6.45) is 0. The molecule has 0 fully saturated rings. The molecule has 0 aromatic heterocycles. The Balaban J connectivity index is 3.51. The van der Waals surface area contributed by atoms with E-state index in [2.05, 4.69) is 0 Å². The molecule has 0 aromatic rings. The summed E-state index contributed by atoms with van der Waals surface area (Å²) in [7, 11) is 0. The molecule has 0 saturated carbocycles. The van der Waals surface area contributed by atoms with Crippen LogP contribution in [0.4, 0.5) is 0 Å². The van der Waals surface area contributed by atoms with E-state index in [1.165, 1.54) is 0 Å². The average Bonchev–Trinajstić information content (AvgIpc) is 0.811. The van der Waals surface area contributed by atoms with E-state index in [0.717, 1.165) is 0 Å². The van der Waals surface area contributed by atoms with E-state index in [-0.39, 0.29) is 0 Å². The first-order valence-corrected chi connectivity index (χ1v) is 5.89. The summed E-state index contributed by atoms with van der Waals surface area (Å²) in [6.45, 7) is 0. The summed E-state index contributed by atoms with van der Waals surface area (Å²) < 4.78 is 24.7. The Labute approximate surface area is 33.9 Å². The Morgan fingerprint density at radius 2 is 1.50 bits per heavy atom. The third-order valence-electron chi connectivity index (χ3n) is 0. The van der Waals surface area contributed by atoms with Crippen molar-refractivity contribution in [3.8, 4) is 0 Å². The van der Waals surface area contributed by atoms with Gasteiger partial charge in [0.1, 0.15) is 0 Å². The van der Waals surface area contributed by atoms with Crippen molar-refractivity contribution in [3.05, 3.63) is 0 Å². The zero-order chi connectivity index (χ0) is 3.58. The van der Waals surface area contributed by atoms with E-state index in [9.17, 15) is 0 Å². The van der Waals surface area contributed by atoms with E-state index in [1.54, 1.807) is 0 Å². The van der Waals surface area contributed by atoms with E-state index in [1.807, 2.05) is 0 Å². The van der Waals surface area contributed by atoms with Gasteiger partial charge in [-0.3, -0.25) is 0 Å². The topological polar surface area (TPSA) is 54.4 Å². The van der Waals surface area contributed by atoms with Crippen LogP contribution in [0.25, 0.3) is 0 Å². The molecule has 0 heterocycles. The zero-order valence-corrected chi connectivity index (χ0v) is 5.93. The molecule has 0 bridgehead atoms. The zero-order valence-electron chi connectivity index (χ0n) is 1.76. The van der Waals surface area contributed by atoms with Gasteiger partial charge in [0.2, 0.25) is 0 Å². The van der Waals surface area contributed by atoms with Gasteiger partial charge in [-0.05, 0) is 0 Å². The SMILES string of the molecule is [O]=[U](=[O])[OH]. The standard InChI is InChI=1S/H2O.2O.U/h1H2;;;/q;;;+1/p-1. The Hall–Kier alpha value is 0.612. The van der Waals surface area contributed by atoms with Gasteiger partial charge in [0.15, 0.2) is 0 Å². The van der Waals surface area contributed by atoms with Crippen LogP contribution in [0.1, 0.15) is 0 Å². The van der Waals surface area contributed by atoms with Crippen LogP contribution in [0.5, 0.6) is 0 Å². The minimum atomic E-state index is -4.23. The van der Waals surface area contributed by atoms with Crippen LogP contribution in [0.2, 0.25) is 0 Å². The Morgan fingerprint density at radius 1 is 1.50 bits per heavy atom. The second kappa shape index (κ2) is 1.89. The second-order valence-corrected chi connectivity index (χ2v) is 2.48. The fraction of sp³-hybridized carbons (Fsp3) is 0. The minimum absolute atomic E-state index is 4.23. The van der Waals surface area contributed by atoms with Gasteiger partial charge in [0, 0.05) is 0 Å². The molecule has 1 N–H and O–H groups in total. The second-order valence-electron chi connectivity index (χ2n) is 0.266. The fourth-order valence-electron chi connectivity index (χ4n) is 0. The molecule has 0 aliphatic heterocycles. The molecule has 3 nitrogen and oxygen atoms in total. The normalized spacial score (nSPS) is 6.25. The Bertz CT molecular complexity index is 51.7. The molecule has 0 amide bonds. The first kappa shape index (κ1) is 4.61. The molecule has 0 saturated heterocycles. The van der Waals surface area contributed by atoms with Gasteiger partial charge in [-0.25, -0.2) is 0 Å². The van der Waals surface area contributed by atoms with Crippen LogP contribution in [0.3, 0.4) is 0 Å². The number of rotatable bonds is 0. The molecule has 0 unspecified atom stereocenters. The molecule has 23 valence electrons. The van der Waals surface area contributed by atoms with Crippen molar-refractivity contribution < 1.29 is 33.7 Å². The third kappa shape index (κ3) is 18.1. The van der Waals surface area contributed by atoms with Crippen molar-refractivity contribution in [3.63, 3.8) is 0 Å². The predicted molar refractivity (Wildman–Crippen MR) is 3.59 cm³/mol. The van der Waals surface area contributed by atoms with Crippen LogP contribution in [-0.4, -0.2) is 2.61 Å². The van der Waals surface area contributed by atoms with Crippen LogP contribution in [0, 0.1) is 26.6 Å². The molecule has 0 aromatic carbocycles. The molecule has 0 spiro atoms. The van der Waals surface area contributed by atoms with Crippen LogP contribution in [0.15, 0.2) is 0 Å². The molecular formula is HO3U. The van der Waals surface area contributed by atoms with Crippen molar-refractivity contribution in [2.75, 3.05) is 0 Å². The quantitative estimate of drug-likeness (QED) is 0.635. The molecule has 0 radical (unpaired) electrons. The van der Waals surface area contributed by atoms with Gasteiger partial charge in [-0.2, -0.15) is 0 Å². The number of hydrogen-bond donors (Lipinski definition) is 1. The van der Waals surface area contributed by atoms with Gasteiger partial charge in [0.05, 0.1) is 0 Å². The predicted octanol–water partition coefficient (Wildman–Crippen LogP) is -0.795. The van der Waals surface area contributed by atoms with Crippen molar-refractivity contribution >= 4 is 0 Å². The number of hydrogen-bond acceptors (Lipinski definition) is 2. The van der Waals surface area contributed by atoms with Crippen molar-refractivity contribution in [2.24, 2.45) is 0 Å². The summed E-state index contributed by atoms with van der Waals surface area (Å²) in [6, 6.07) is 0. The average molecular weight is 287 g/mol. The Morgan fingerprint density at radius 3 is 1.50 bits per heavy atom. The van der Waals surface area contributed by atoms with E-state index in [4.69, 9.17) is 7.08 Å². The van der Waals surface area contributed by atoms with Gasteiger partial charge in [-0.15, -0.1) is 0 Å². The van der Waals surface area contributed by atoms with Crippen molar-refractivity contribution in [1.82, 2.24) is 0 Å². The van der Waals surface area contributed by atoms with Crippen molar-refractivity contribution in [1.29, 1.82) is 0 Å². The molecule has 0 rings (SSSR count). The van der Waals surface area contributed by atoms with E-state index < -0.39 is 26.6 Å². The molecule has 4 heavy (non-hydrogen) atoms. The summed E-state index contributed by atoms with van der Waals surface area (Å²) in [5.41, 5.74) is 0. The molecule has 0 aliphatic rings. The first-order valence-electron chi connectivity index (χ1n) is 0.632. The maximum absolute atomic E-state index is 8.75. The summed E-state index contributed by atoms with van der Waals surface area (Å²) in [5, 5.41) is 0. The van der Waals surface area contributed by atoms with E-state index in [0.29, 0.717) is 0 Å². The first-order chi connectivity index (χ1) is 1.73. The van der Waals surface area contributed by atoms with Crippen LogP contribution in [-0.2, 0) is 4.47 Å². The van der Waals surface area contributed by atoms with Crippen LogP contribution >= 0.6 is 0 Å². The molecule has 4 heteroatoms. The van der Waals surface area contributed by atoms with Gasteiger partial charge in [-0.1, -0.05) is 0 Å². The molecular weight excluding hydrogens is 286 g/mol. The summed E-state index contributed by atoms with van der Waals surface area (Å²) in [5.74, 6) is 0. The Kier molecular flexibility index (Phi) is 2.18. The van der Waals surface area contributed by atoms with Gasteiger partial charge in [0.25, 0.3) is 0 Å². The van der Waals surface area contributed by atoms with Crippen molar-refractivity contribution in [2.45, 2.75) is 0 Å². The van der Waals surface area contributed by atoms with Crippen LogP contribution < -0.4 is 0 Å². The fourth-order valence-corrected chi connectivity index (χ4v) is 0.